The number of azo groups is 1. The Morgan fingerprint density at radius 1 is 1.38 bits per heavy atom. The maximum absolute atomic E-state index is 11.9. The second-order valence-corrected chi connectivity index (χ2v) is 5.18. The summed E-state index contributed by atoms with van der Waals surface area (Å²) >= 11 is 0. The van der Waals surface area contributed by atoms with Crippen LogP contribution in [0, 0.1) is 17.3 Å². The predicted octanol–water partition coefficient (Wildman–Crippen LogP) is 2.19. The molecule has 3 rings (SSSR count). The lowest BCUT2D eigenvalue weighted by atomic mass is 9.93. The number of ether oxygens (including phenoxy) is 1. The molecule has 0 radical (unpaired) electrons. The van der Waals surface area contributed by atoms with Gasteiger partial charge in [-0.05, 0) is 31.6 Å². The third-order valence-electron chi connectivity index (χ3n) is 4.60. The molecular formula is C12H18N2O2. The summed E-state index contributed by atoms with van der Waals surface area (Å²) in [5.41, 5.74) is 0.0722. The van der Waals surface area contributed by atoms with Gasteiger partial charge in [0.05, 0.1) is 13.2 Å². The fourth-order valence-electron chi connectivity index (χ4n) is 3.86. The first kappa shape index (κ1) is 10.2. The Balaban J connectivity index is 1.79. The molecule has 1 spiro atoms. The molecule has 0 aromatic rings. The van der Waals surface area contributed by atoms with E-state index in [1.165, 1.54) is 25.7 Å². The van der Waals surface area contributed by atoms with Crippen LogP contribution < -0.4 is 0 Å². The minimum absolute atomic E-state index is 0.0722. The Labute approximate surface area is 95.5 Å². The van der Waals surface area contributed by atoms with Crippen molar-refractivity contribution >= 4 is 5.97 Å². The van der Waals surface area contributed by atoms with Crippen molar-refractivity contribution in [2.45, 2.75) is 38.6 Å². The first-order chi connectivity index (χ1) is 7.80. The molecule has 0 N–H and O–H groups in total. The van der Waals surface area contributed by atoms with Crippen molar-refractivity contribution in [1.29, 1.82) is 0 Å². The highest BCUT2D eigenvalue weighted by molar-refractivity contribution is 5.78. The Bertz CT molecular complexity index is 328. The number of fused-ring (bicyclic) bond motifs is 3. The molecule has 4 heteroatoms. The molecule has 3 aliphatic rings. The van der Waals surface area contributed by atoms with Gasteiger partial charge in [0.2, 0.25) is 0 Å². The van der Waals surface area contributed by atoms with Crippen LogP contribution in [0.4, 0.5) is 0 Å². The number of nitrogens with zero attached hydrogens (tertiary/aromatic N) is 2. The van der Waals surface area contributed by atoms with Crippen molar-refractivity contribution in [3.05, 3.63) is 0 Å². The molecule has 0 saturated heterocycles. The number of hydrogen-bond acceptors (Lipinski definition) is 4. The second-order valence-electron chi connectivity index (χ2n) is 5.18. The largest absolute Gasteiger partial charge is 0.464 e. The smallest absolute Gasteiger partial charge is 0.333 e. The van der Waals surface area contributed by atoms with E-state index in [4.69, 9.17) is 4.74 Å². The van der Waals surface area contributed by atoms with E-state index in [0.717, 1.165) is 6.54 Å². The molecule has 2 aliphatic carbocycles. The third kappa shape index (κ3) is 1.19. The van der Waals surface area contributed by atoms with Crippen LogP contribution in [0.5, 0.6) is 0 Å². The van der Waals surface area contributed by atoms with Gasteiger partial charge in [0, 0.05) is 5.41 Å². The van der Waals surface area contributed by atoms with Crippen LogP contribution in [0.1, 0.15) is 32.6 Å². The Kier molecular flexibility index (Phi) is 2.26. The Morgan fingerprint density at radius 3 is 2.69 bits per heavy atom. The van der Waals surface area contributed by atoms with Gasteiger partial charge in [0.1, 0.15) is 0 Å². The van der Waals surface area contributed by atoms with Gasteiger partial charge in [-0.3, -0.25) is 0 Å². The van der Waals surface area contributed by atoms with E-state index in [9.17, 15) is 4.79 Å². The summed E-state index contributed by atoms with van der Waals surface area (Å²) in [6.07, 6.45) is 5.12. The summed E-state index contributed by atoms with van der Waals surface area (Å²) in [5.74, 6) is 1.22. The standard InChI is InChI=1S/C12H18N2O2/c1-2-16-11(15)10-12(7-13-14-10)8-5-3-4-6-9(8)12/h8-10H,2-7H2,1H3. The molecule has 3 atom stereocenters. The van der Waals surface area contributed by atoms with Crippen LogP contribution in [0.2, 0.25) is 0 Å². The highest BCUT2D eigenvalue weighted by atomic mass is 16.5. The van der Waals surface area contributed by atoms with E-state index in [0.29, 0.717) is 18.4 Å². The molecule has 1 aliphatic heterocycles. The van der Waals surface area contributed by atoms with Crippen LogP contribution in [0.25, 0.3) is 0 Å². The number of rotatable bonds is 2. The van der Waals surface area contributed by atoms with Crippen LogP contribution >= 0.6 is 0 Å². The predicted molar refractivity (Wildman–Crippen MR) is 58.0 cm³/mol. The molecule has 4 nitrogen and oxygen atoms in total. The fourth-order valence-corrected chi connectivity index (χ4v) is 3.86. The molecule has 1 heterocycles. The van der Waals surface area contributed by atoms with Gasteiger partial charge >= 0.3 is 5.97 Å². The number of esters is 1. The summed E-state index contributed by atoms with van der Waals surface area (Å²) < 4.78 is 5.11. The zero-order valence-electron chi connectivity index (χ0n) is 9.69. The Hall–Kier alpha value is -0.930. The summed E-state index contributed by atoms with van der Waals surface area (Å²) in [4.78, 5) is 11.9. The molecule has 0 bridgehead atoms. The fraction of sp³-hybridized carbons (Fsp3) is 0.917. The Morgan fingerprint density at radius 2 is 2.06 bits per heavy atom. The van der Waals surface area contributed by atoms with Crippen molar-refractivity contribution in [1.82, 2.24) is 0 Å². The lowest BCUT2D eigenvalue weighted by molar-refractivity contribution is -0.146. The van der Waals surface area contributed by atoms with Crippen LogP contribution in [0.15, 0.2) is 10.2 Å². The van der Waals surface area contributed by atoms with Crippen molar-refractivity contribution in [2.75, 3.05) is 13.2 Å². The summed E-state index contributed by atoms with van der Waals surface area (Å²) in [7, 11) is 0. The van der Waals surface area contributed by atoms with Gasteiger partial charge in [-0.25, -0.2) is 4.79 Å². The monoisotopic (exact) mass is 222 g/mol. The van der Waals surface area contributed by atoms with E-state index in [1.54, 1.807) is 0 Å². The van der Waals surface area contributed by atoms with Crippen LogP contribution in [-0.4, -0.2) is 25.2 Å². The highest BCUT2D eigenvalue weighted by Crippen LogP contribution is 2.69. The quantitative estimate of drug-likeness (QED) is 0.672. The SMILES string of the molecule is CCOC(=O)C1N=NCC12C1CCCCC12. The van der Waals surface area contributed by atoms with Gasteiger partial charge < -0.3 is 4.74 Å². The number of carbonyl (C=O) groups excluding carboxylic acids is 1. The van der Waals surface area contributed by atoms with Crippen molar-refractivity contribution < 1.29 is 9.53 Å². The van der Waals surface area contributed by atoms with Gasteiger partial charge in [-0.1, -0.05) is 12.8 Å². The lowest BCUT2D eigenvalue weighted by Gasteiger charge is -2.15. The molecule has 88 valence electrons. The molecule has 0 aromatic carbocycles. The summed E-state index contributed by atoms with van der Waals surface area (Å²) in [6, 6.07) is -0.291. The number of carbonyl (C=O) groups is 1. The average Bonchev–Trinajstić information content (AvgIpc) is 2.71. The molecule has 2 saturated carbocycles. The first-order valence-electron chi connectivity index (χ1n) is 6.34. The van der Waals surface area contributed by atoms with E-state index in [1.807, 2.05) is 6.92 Å². The minimum atomic E-state index is -0.291. The first-order valence-corrected chi connectivity index (χ1v) is 6.34. The molecular weight excluding hydrogens is 204 g/mol. The highest BCUT2D eigenvalue weighted by Gasteiger charge is 2.71. The topological polar surface area (TPSA) is 51.0 Å². The molecule has 2 fully saturated rings. The maximum Gasteiger partial charge on any atom is 0.333 e. The van der Waals surface area contributed by atoms with Crippen molar-refractivity contribution in [3.8, 4) is 0 Å². The summed E-state index contributed by atoms with van der Waals surface area (Å²) in [5, 5.41) is 8.28. The van der Waals surface area contributed by atoms with E-state index in [-0.39, 0.29) is 17.4 Å². The third-order valence-corrected chi connectivity index (χ3v) is 4.60. The van der Waals surface area contributed by atoms with Gasteiger partial charge in [0.25, 0.3) is 0 Å². The zero-order valence-corrected chi connectivity index (χ0v) is 9.69. The van der Waals surface area contributed by atoms with Crippen molar-refractivity contribution in [2.24, 2.45) is 27.5 Å². The zero-order chi connectivity index (χ0) is 11.2. The van der Waals surface area contributed by atoms with E-state index >= 15 is 0 Å². The molecule has 16 heavy (non-hydrogen) atoms. The minimum Gasteiger partial charge on any atom is -0.464 e. The van der Waals surface area contributed by atoms with Gasteiger partial charge in [-0.15, -0.1) is 0 Å². The molecule has 3 unspecified atom stereocenters. The molecule has 0 amide bonds. The number of hydrogen-bond donors (Lipinski definition) is 0. The maximum atomic E-state index is 11.9. The van der Waals surface area contributed by atoms with Crippen LogP contribution in [0.3, 0.4) is 0 Å². The van der Waals surface area contributed by atoms with E-state index in [2.05, 4.69) is 10.2 Å². The van der Waals surface area contributed by atoms with Crippen LogP contribution in [-0.2, 0) is 9.53 Å². The lowest BCUT2D eigenvalue weighted by Crippen LogP contribution is -2.32. The second kappa shape index (κ2) is 3.54. The summed E-state index contributed by atoms with van der Waals surface area (Å²) in [6.45, 7) is 3.04. The van der Waals surface area contributed by atoms with Gasteiger partial charge in [0.15, 0.2) is 6.04 Å². The normalized spacial score (nSPS) is 44.4. The van der Waals surface area contributed by atoms with E-state index < -0.39 is 0 Å². The molecule has 0 aromatic heterocycles. The van der Waals surface area contributed by atoms with Crippen molar-refractivity contribution in [3.63, 3.8) is 0 Å². The van der Waals surface area contributed by atoms with Gasteiger partial charge in [-0.2, -0.15) is 10.2 Å². The average molecular weight is 222 g/mol.